The fourth-order valence-corrected chi connectivity index (χ4v) is 4.02. The molecule has 6 nitrogen and oxygen atoms in total. The predicted octanol–water partition coefficient (Wildman–Crippen LogP) is 2.81. The van der Waals surface area contributed by atoms with Crippen LogP contribution in [0.2, 0.25) is 0 Å². The number of carbonyl (C=O) groups is 1. The Morgan fingerprint density at radius 3 is 3.18 bits per heavy atom. The van der Waals surface area contributed by atoms with Crippen LogP contribution in [0.1, 0.15) is 18.4 Å². The molecular weight excluding hydrogens is 320 g/mol. The second-order valence-corrected chi connectivity index (χ2v) is 7.09. The fraction of sp³-hybridized carbons (Fsp3) is 0.500. The lowest BCUT2D eigenvalue weighted by molar-refractivity contribution is 0.136. The van der Waals surface area contributed by atoms with Gasteiger partial charge in [-0.15, -0.1) is 11.3 Å². The number of likely N-dealkylation sites (tertiary alicyclic amines) is 1. The quantitative estimate of drug-likeness (QED) is 0.902. The molecule has 1 unspecified atom stereocenters. The zero-order valence-electron chi connectivity index (χ0n) is 12.3. The highest BCUT2D eigenvalue weighted by Gasteiger charge is 2.24. The number of carbonyl (C=O) groups excluding carboxylic acids is 1. The van der Waals surface area contributed by atoms with Crippen LogP contribution >= 0.6 is 22.9 Å². The third-order valence-electron chi connectivity index (χ3n) is 3.77. The van der Waals surface area contributed by atoms with Crippen molar-refractivity contribution in [2.45, 2.75) is 19.8 Å². The highest BCUT2D eigenvalue weighted by Crippen LogP contribution is 2.29. The van der Waals surface area contributed by atoms with E-state index in [4.69, 9.17) is 0 Å². The van der Waals surface area contributed by atoms with Crippen LogP contribution in [0, 0.1) is 12.8 Å². The van der Waals surface area contributed by atoms with Crippen LogP contribution in [0.5, 0.6) is 0 Å². The topological polar surface area (TPSA) is 78.4 Å². The maximum absolute atomic E-state index is 12.3. The van der Waals surface area contributed by atoms with Crippen molar-refractivity contribution in [3.05, 3.63) is 17.0 Å². The van der Waals surface area contributed by atoms with Crippen molar-refractivity contribution in [3.63, 3.8) is 0 Å². The summed E-state index contributed by atoms with van der Waals surface area (Å²) < 4.78 is 4.32. The van der Waals surface area contributed by atoms with Crippen molar-refractivity contribution in [2.24, 2.45) is 5.92 Å². The number of anilines is 1. The van der Waals surface area contributed by atoms with Gasteiger partial charge in [-0.2, -0.15) is 9.36 Å². The third-order valence-corrected chi connectivity index (χ3v) is 5.41. The first kappa shape index (κ1) is 15.4. The molecule has 118 valence electrons. The number of hydrogen-bond donors (Lipinski definition) is 2. The Bertz CT molecular complexity index is 655. The normalized spacial score (nSPS) is 18.5. The van der Waals surface area contributed by atoms with Gasteiger partial charge in [-0.3, -0.25) is 5.32 Å². The van der Waals surface area contributed by atoms with Crippen molar-refractivity contribution < 1.29 is 9.90 Å². The van der Waals surface area contributed by atoms with E-state index in [2.05, 4.69) is 14.7 Å². The summed E-state index contributed by atoms with van der Waals surface area (Å²) in [5, 5.41) is 14.6. The Morgan fingerprint density at radius 2 is 2.45 bits per heavy atom. The van der Waals surface area contributed by atoms with Crippen LogP contribution in [0.3, 0.4) is 0 Å². The monoisotopic (exact) mass is 338 g/mol. The number of thiophene rings is 1. The molecule has 3 heterocycles. The van der Waals surface area contributed by atoms with Gasteiger partial charge in [-0.05, 0) is 42.7 Å². The number of piperidine rings is 1. The van der Waals surface area contributed by atoms with E-state index >= 15 is 0 Å². The van der Waals surface area contributed by atoms with Crippen LogP contribution in [0.25, 0.3) is 10.7 Å². The van der Waals surface area contributed by atoms with Crippen LogP contribution in [0.15, 0.2) is 11.4 Å². The Morgan fingerprint density at radius 1 is 1.59 bits per heavy atom. The lowest BCUT2D eigenvalue weighted by Crippen LogP contribution is -2.43. The molecule has 0 spiro atoms. The van der Waals surface area contributed by atoms with Crippen molar-refractivity contribution in [2.75, 3.05) is 25.0 Å². The minimum atomic E-state index is -0.163. The summed E-state index contributed by atoms with van der Waals surface area (Å²) in [5.41, 5.74) is 1.14. The average Bonchev–Trinajstić information content (AvgIpc) is 3.16. The van der Waals surface area contributed by atoms with E-state index in [0.717, 1.165) is 29.8 Å². The van der Waals surface area contributed by atoms with Gasteiger partial charge in [0.05, 0.1) is 4.88 Å². The zero-order chi connectivity index (χ0) is 15.5. The molecule has 2 aromatic rings. The summed E-state index contributed by atoms with van der Waals surface area (Å²) in [5.74, 6) is 0.845. The van der Waals surface area contributed by atoms with Gasteiger partial charge in [0.1, 0.15) is 0 Å². The molecule has 1 aliphatic rings. The Balaban J connectivity index is 1.65. The Kier molecular flexibility index (Phi) is 4.70. The molecule has 1 aliphatic heterocycles. The molecule has 1 saturated heterocycles. The third kappa shape index (κ3) is 3.29. The fourth-order valence-electron chi connectivity index (χ4n) is 2.54. The minimum Gasteiger partial charge on any atom is -0.396 e. The molecule has 0 aliphatic carbocycles. The average molecular weight is 338 g/mol. The number of rotatable bonds is 3. The zero-order valence-corrected chi connectivity index (χ0v) is 13.9. The van der Waals surface area contributed by atoms with Gasteiger partial charge in [0.15, 0.2) is 5.82 Å². The van der Waals surface area contributed by atoms with Gasteiger partial charge in [-0.25, -0.2) is 4.79 Å². The smallest absolute Gasteiger partial charge is 0.323 e. The molecule has 1 atom stereocenters. The minimum absolute atomic E-state index is 0.129. The van der Waals surface area contributed by atoms with Crippen molar-refractivity contribution in [1.82, 2.24) is 14.3 Å². The molecule has 0 radical (unpaired) electrons. The molecule has 0 aromatic carbocycles. The number of aromatic nitrogens is 2. The van der Waals surface area contributed by atoms with E-state index in [-0.39, 0.29) is 18.6 Å². The summed E-state index contributed by atoms with van der Waals surface area (Å²) in [6.07, 6.45) is 1.90. The Labute approximate surface area is 137 Å². The van der Waals surface area contributed by atoms with Gasteiger partial charge in [0, 0.05) is 31.2 Å². The highest BCUT2D eigenvalue weighted by atomic mass is 32.1. The highest BCUT2D eigenvalue weighted by molar-refractivity contribution is 7.14. The lowest BCUT2D eigenvalue weighted by Gasteiger charge is -2.31. The molecule has 8 heteroatoms. The molecular formula is C14H18N4O2S2. The van der Waals surface area contributed by atoms with Gasteiger partial charge in [-0.1, -0.05) is 0 Å². The van der Waals surface area contributed by atoms with E-state index in [1.807, 2.05) is 18.4 Å². The maximum Gasteiger partial charge on any atom is 0.323 e. The maximum atomic E-state index is 12.3. The number of hydrogen-bond acceptors (Lipinski definition) is 6. The summed E-state index contributed by atoms with van der Waals surface area (Å²) >= 11 is 2.79. The summed E-state index contributed by atoms with van der Waals surface area (Å²) in [4.78, 5) is 19.4. The SMILES string of the molecule is Cc1ccsc1-c1nsc(NC(=O)N2CCCC(CO)C2)n1. The first-order valence-electron chi connectivity index (χ1n) is 7.22. The number of nitrogens with one attached hydrogen (secondary N) is 1. The molecule has 2 amide bonds. The van der Waals surface area contributed by atoms with Gasteiger partial charge in [0.2, 0.25) is 5.13 Å². The second-order valence-electron chi connectivity index (χ2n) is 5.42. The predicted molar refractivity (Wildman–Crippen MR) is 88.4 cm³/mol. The van der Waals surface area contributed by atoms with Crippen LogP contribution in [-0.2, 0) is 0 Å². The Hall–Kier alpha value is -1.51. The standard InChI is InChI=1S/C14H18N4O2S2/c1-9-4-6-21-11(9)12-15-13(22-17-12)16-14(20)18-5-2-3-10(7-18)8-19/h4,6,10,19H,2-3,5,7-8H2,1H3,(H,15,16,17,20). The van der Waals surface area contributed by atoms with E-state index in [0.29, 0.717) is 17.5 Å². The van der Waals surface area contributed by atoms with E-state index in [9.17, 15) is 9.90 Å². The number of urea groups is 1. The van der Waals surface area contributed by atoms with Crippen molar-refractivity contribution >= 4 is 34.0 Å². The van der Waals surface area contributed by atoms with E-state index in [1.54, 1.807) is 16.2 Å². The lowest BCUT2D eigenvalue weighted by atomic mass is 9.99. The van der Waals surface area contributed by atoms with Gasteiger partial charge < -0.3 is 10.0 Å². The van der Waals surface area contributed by atoms with Crippen LogP contribution in [0.4, 0.5) is 9.93 Å². The molecule has 1 fully saturated rings. The van der Waals surface area contributed by atoms with Crippen LogP contribution < -0.4 is 5.32 Å². The molecule has 2 aromatic heterocycles. The number of nitrogens with zero attached hydrogens (tertiary/aromatic N) is 3. The number of aliphatic hydroxyl groups is 1. The number of aryl methyl sites for hydroxylation is 1. The molecule has 3 rings (SSSR count). The summed E-state index contributed by atoms with van der Waals surface area (Å²) in [6.45, 7) is 3.47. The van der Waals surface area contributed by atoms with Crippen LogP contribution in [-0.4, -0.2) is 45.1 Å². The largest absolute Gasteiger partial charge is 0.396 e. The molecule has 22 heavy (non-hydrogen) atoms. The molecule has 0 bridgehead atoms. The van der Waals surface area contributed by atoms with Gasteiger partial charge in [0.25, 0.3) is 0 Å². The molecule has 2 N–H and O–H groups in total. The van der Waals surface area contributed by atoms with E-state index in [1.165, 1.54) is 11.5 Å². The molecule has 0 saturated carbocycles. The first-order valence-corrected chi connectivity index (χ1v) is 8.87. The van der Waals surface area contributed by atoms with Crippen molar-refractivity contribution in [1.29, 1.82) is 0 Å². The number of amides is 2. The second kappa shape index (κ2) is 6.72. The van der Waals surface area contributed by atoms with Crippen molar-refractivity contribution in [3.8, 4) is 10.7 Å². The number of aliphatic hydroxyl groups excluding tert-OH is 1. The summed E-state index contributed by atoms with van der Waals surface area (Å²) in [7, 11) is 0. The van der Waals surface area contributed by atoms with E-state index < -0.39 is 0 Å². The first-order chi connectivity index (χ1) is 10.7. The summed E-state index contributed by atoms with van der Waals surface area (Å²) in [6, 6.07) is 1.87. The van der Waals surface area contributed by atoms with Gasteiger partial charge >= 0.3 is 6.03 Å².